The maximum absolute atomic E-state index is 13.5. The van der Waals surface area contributed by atoms with E-state index in [-0.39, 0.29) is 11.6 Å². The molecule has 8 nitrogen and oxygen atoms in total. The van der Waals surface area contributed by atoms with Crippen molar-refractivity contribution in [2.45, 2.75) is 17.1 Å². The number of hydrogen-bond donors (Lipinski definition) is 3. The van der Waals surface area contributed by atoms with Crippen molar-refractivity contribution < 1.29 is 23.9 Å². The van der Waals surface area contributed by atoms with Crippen LogP contribution in [0.15, 0.2) is 138 Å². The van der Waals surface area contributed by atoms with Crippen LogP contribution in [-0.2, 0) is 9.59 Å². The molecule has 0 saturated carbocycles. The molecule has 5 aromatic carbocycles. The van der Waals surface area contributed by atoms with Gasteiger partial charge in [-0.15, -0.1) is 11.8 Å². The highest BCUT2D eigenvalue weighted by Crippen LogP contribution is 2.31. The van der Waals surface area contributed by atoms with Gasteiger partial charge in [-0.2, -0.15) is 0 Å². The van der Waals surface area contributed by atoms with E-state index in [0.717, 1.165) is 21.6 Å². The van der Waals surface area contributed by atoms with Crippen molar-refractivity contribution in [3.05, 3.63) is 144 Å². The second-order valence-corrected chi connectivity index (χ2v) is 12.1. The number of anilines is 2. The first kappa shape index (κ1) is 33.6. The Morgan fingerprint density at radius 1 is 0.708 bits per heavy atom. The molecule has 0 aliphatic rings. The molecule has 5 rings (SSSR count). The molecule has 0 aromatic heterocycles. The number of ether oxygens (including phenoxy) is 2. The van der Waals surface area contributed by atoms with E-state index >= 15 is 0 Å². The van der Waals surface area contributed by atoms with Gasteiger partial charge in [-0.3, -0.25) is 14.4 Å². The van der Waals surface area contributed by atoms with E-state index in [1.165, 1.54) is 18.9 Å². The molecule has 9 heteroatoms. The van der Waals surface area contributed by atoms with Gasteiger partial charge in [0.2, 0.25) is 5.91 Å². The molecule has 48 heavy (non-hydrogen) atoms. The van der Waals surface area contributed by atoms with Crippen molar-refractivity contribution in [2.24, 2.45) is 0 Å². The number of carbonyl (C=O) groups excluding carboxylic acids is 3. The normalized spacial score (nSPS) is 11.6. The van der Waals surface area contributed by atoms with Crippen LogP contribution in [0.2, 0.25) is 0 Å². The summed E-state index contributed by atoms with van der Waals surface area (Å²) in [6.45, 7) is 1.81. The number of hydrogen-bond acceptors (Lipinski definition) is 6. The predicted molar refractivity (Wildman–Crippen MR) is 192 cm³/mol. The summed E-state index contributed by atoms with van der Waals surface area (Å²) in [5.74, 6) is 0.0504. The number of methoxy groups -OCH3 is 2. The van der Waals surface area contributed by atoms with E-state index in [4.69, 9.17) is 9.47 Å². The van der Waals surface area contributed by atoms with Gasteiger partial charge in [0.1, 0.15) is 17.2 Å². The maximum atomic E-state index is 13.5. The molecule has 3 N–H and O–H groups in total. The Morgan fingerprint density at radius 3 is 2.00 bits per heavy atom. The van der Waals surface area contributed by atoms with Crippen molar-refractivity contribution >= 4 is 46.9 Å². The van der Waals surface area contributed by atoms with E-state index in [0.29, 0.717) is 28.4 Å². The SMILES string of the molecule is COc1ccc(NC(=O)C(C)Sc2ccc(NC(=O)/C(=C/c3ccc(-c4ccccc4)cc3)NC(=O)c3ccccc3)cc2)c(OC)c1. The summed E-state index contributed by atoms with van der Waals surface area (Å²) in [5, 5.41) is 8.14. The molecule has 3 amide bonds. The van der Waals surface area contributed by atoms with Crippen molar-refractivity contribution in [3.63, 3.8) is 0 Å². The lowest BCUT2D eigenvalue weighted by atomic mass is 10.0. The summed E-state index contributed by atoms with van der Waals surface area (Å²) in [6.07, 6.45) is 1.65. The first-order chi connectivity index (χ1) is 23.3. The standard InChI is InChI=1S/C39H35N3O5S/c1-26(37(43)41-34-23-20-32(46-2)25-36(34)47-3)48-33-21-18-31(19-22-33)40-39(45)35(42-38(44)30-12-8-5-9-13-30)24-27-14-16-29(17-15-27)28-10-6-4-7-11-28/h4-26H,1-3H3,(H,40,45)(H,41,43)(H,42,44)/b35-24-. The van der Waals surface area contributed by atoms with Crippen LogP contribution in [0.3, 0.4) is 0 Å². The predicted octanol–water partition coefficient (Wildman–Crippen LogP) is 7.90. The second kappa shape index (κ2) is 16.2. The van der Waals surface area contributed by atoms with Crippen LogP contribution in [0.5, 0.6) is 11.5 Å². The lowest BCUT2D eigenvalue weighted by Crippen LogP contribution is -2.30. The molecule has 0 aliphatic carbocycles. The van der Waals surface area contributed by atoms with Gasteiger partial charge in [-0.1, -0.05) is 72.8 Å². The van der Waals surface area contributed by atoms with Gasteiger partial charge in [0.25, 0.3) is 11.8 Å². The van der Waals surface area contributed by atoms with E-state index in [1.54, 1.807) is 67.8 Å². The summed E-state index contributed by atoms with van der Waals surface area (Å²) < 4.78 is 10.6. The number of rotatable bonds is 12. The Bertz CT molecular complexity index is 1890. The monoisotopic (exact) mass is 657 g/mol. The van der Waals surface area contributed by atoms with Crippen molar-refractivity contribution in [1.29, 1.82) is 0 Å². The fourth-order valence-electron chi connectivity index (χ4n) is 4.72. The van der Waals surface area contributed by atoms with Crippen LogP contribution in [0.4, 0.5) is 11.4 Å². The van der Waals surface area contributed by atoms with E-state index < -0.39 is 17.1 Å². The Labute approximate surface area is 284 Å². The number of amides is 3. The highest BCUT2D eigenvalue weighted by Gasteiger charge is 2.18. The summed E-state index contributed by atoms with van der Waals surface area (Å²) >= 11 is 1.37. The summed E-state index contributed by atoms with van der Waals surface area (Å²) in [7, 11) is 3.09. The van der Waals surface area contributed by atoms with Crippen LogP contribution in [-0.4, -0.2) is 37.2 Å². The Kier molecular flexibility index (Phi) is 11.3. The fraction of sp³-hybridized carbons (Fsp3) is 0.103. The highest BCUT2D eigenvalue weighted by molar-refractivity contribution is 8.00. The van der Waals surface area contributed by atoms with Crippen LogP contribution < -0.4 is 25.4 Å². The first-order valence-corrected chi connectivity index (χ1v) is 16.1. The Balaban J connectivity index is 1.27. The number of benzene rings is 5. The first-order valence-electron chi connectivity index (χ1n) is 15.2. The van der Waals surface area contributed by atoms with Gasteiger partial charge in [0.15, 0.2) is 0 Å². The highest BCUT2D eigenvalue weighted by atomic mass is 32.2. The second-order valence-electron chi connectivity index (χ2n) is 10.7. The molecule has 0 saturated heterocycles. The van der Waals surface area contributed by atoms with Gasteiger partial charge < -0.3 is 25.4 Å². The minimum absolute atomic E-state index is 0.0917. The van der Waals surface area contributed by atoms with Crippen LogP contribution in [0.25, 0.3) is 17.2 Å². The minimum atomic E-state index is -0.479. The third-order valence-corrected chi connectivity index (χ3v) is 8.43. The van der Waals surface area contributed by atoms with Gasteiger partial charge in [-0.05, 0) is 78.2 Å². The Hall–Kier alpha value is -5.80. The smallest absolute Gasteiger partial charge is 0.272 e. The van der Waals surface area contributed by atoms with Gasteiger partial charge in [0.05, 0.1) is 25.2 Å². The van der Waals surface area contributed by atoms with E-state index in [9.17, 15) is 14.4 Å². The molecular weight excluding hydrogens is 623 g/mol. The van der Waals surface area contributed by atoms with E-state index in [2.05, 4.69) is 16.0 Å². The topological polar surface area (TPSA) is 106 Å². The number of thioether (sulfide) groups is 1. The van der Waals surface area contributed by atoms with Crippen molar-refractivity contribution in [2.75, 3.05) is 24.9 Å². The average Bonchev–Trinajstić information content (AvgIpc) is 3.13. The lowest BCUT2D eigenvalue weighted by molar-refractivity contribution is -0.115. The van der Waals surface area contributed by atoms with Crippen LogP contribution >= 0.6 is 11.8 Å². The third-order valence-electron chi connectivity index (χ3n) is 7.32. The largest absolute Gasteiger partial charge is 0.497 e. The third kappa shape index (κ3) is 8.92. The zero-order valence-electron chi connectivity index (χ0n) is 26.7. The van der Waals surface area contributed by atoms with Crippen LogP contribution in [0.1, 0.15) is 22.8 Å². The molecule has 242 valence electrons. The molecule has 0 radical (unpaired) electrons. The number of nitrogens with one attached hydrogen (secondary N) is 3. The minimum Gasteiger partial charge on any atom is -0.497 e. The van der Waals surface area contributed by atoms with Gasteiger partial charge in [0, 0.05) is 22.2 Å². The quantitative estimate of drug-likeness (QED) is 0.0931. The summed E-state index contributed by atoms with van der Waals surface area (Å²) in [4.78, 5) is 40.3. The summed E-state index contributed by atoms with van der Waals surface area (Å²) in [5.41, 5.74) is 4.47. The van der Waals surface area contributed by atoms with Crippen molar-refractivity contribution in [3.8, 4) is 22.6 Å². The molecule has 0 fully saturated rings. The molecule has 0 bridgehead atoms. The average molecular weight is 658 g/mol. The maximum Gasteiger partial charge on any atom is 0.272 e. The van der Waals surface area contributed by atoms with Crippen molar-refractivity contribution in [1.82, 2.24) is 5.32 Å². The molecule has 5 aromatic rings. The van der Waals surface area contributed by atoms with Gasteiger partial charge in [-0.25, -0.2) is 0 Å². The fourth-order valence-corrected chi connectivity index (χ4v) is 5.59. The van der Waals surface area contributed by atoms with Crippen LogP contribution in [0, 0.1) is 0 Å². The molecule has 1 unspecified atom stereocenters. The zero-order valence-corrected chi connectivity index (χ0v) is 27.5. The molecule has 0 aliphatic heterocycles. The molecule has 0 spiro atoms. The number of carbonyl (C=O) groups is 3. The van der Waals surface area contributed by atoms with Gasteiger partial charge >= 0.3 is 0 Å². The lowest BCUT2D eigenvalue weighted by Gasteiger charge is -2.15. The molecular formula is C39H35N3O5S. The zero-order chi connectivity index (χ0) is 33.9. The molecule has 0 heterocycles. The molecule has 1 atom stereocenters. The van der Waals surface area contributed by atoms with E-state index in [1.807, 2.05) is 79.7 Å². The Morgan fingerprint density at radius 2 is 1.35 bits per heavy atom. The summed E-state index contributed by atoms with van der Waals surface area (Å²) in [6, 6.07) is 38.8.